The minimum atomic E-state index is -2.48. The Labute approximate surface area is 77.0 Å². The minimum absolute atomic E-state index is 0.162. The fourth-order valence-electron chi connectivity index (χ4n) is 1.04. The molecular formula is C10H13F2N. The highest BCUT2D eigenvalue weighted by molar-refractivity contribution is 5.19. The van der Waals surface area contributed by atoms with Gasteiger partial charge < -0.3 is 4.90 Å². The van der Waals surface area contributed by atoms with E-state index in [0.29, 0.717) is 0 Å². The molecular weight excluding hydrogens is 172 g/mol. The van der Waals surface area contributed by atoms with Crippen LogP contribution in [0.4, 0.5) is 8.78 Å². The maximum atomic E-state index is 12.3. The van der Waals surface area contributed by atoms with Gasteiger partial charge in [0.1, 0.15) is 0 Å². The predicted octanol–water partition coefficient (Wildman–Crippen LogP) is 2.58. The fourth-order valence-corrected chi connectivity index (χ4v) is 1.04. The zero-order valence-corrected chi connectivity index (χ0v) is 7.63. The number of nitrogens with zero attached hydrogens (tertiary/aromatic N) is 1. The molecule has 0 unspecified atom stereocenters. The number of allylic oxidation sites excluding steroid dienone is 4. The summed E-state index contributed by atoms with van der Waals surface area (Å²) >= 11 is 0. The summed E-state index contributed by atoms with van der Waals surface area (Å²) in [5.41, 5.74) is 1.02. The van der Waals surface area contributed by atoms with Crippen LogP contribution in [0.5, 0.6) is 0 Å². The first-order valence-corrected chi connectivity index (χ1v) is 4.13. The number of likely N-dealkylation sites (tertiary alicyclic amines) is 1. The van der Waals surface area contributed by atoms with Gasteiger partial charge in [-0.25, -0.2) is 8.78 Å². The smallest absolute Gasteiger partial charge is 0.282 e. The van der Waals surface area contributed by atoms with Gasteiger partial charge in [0.05, 0.1) is 13.1 Å². The Kier molecular flexibility index (Phi) is 2.86. The van der Waals surface area contributed by atoms with Crippen LogP contribution in [0, 0.1) is 0 Å². The van der Waals surface area contributed by atoms with Crippen molar-refractivity contribution in [3.05, 3.63) is 36.6 Å². The van der Waals surface area contributed by atoms with Crippen molar-refractivity contribution in [1.29, 1.82) is 0 Å². The lowest BCUT2D eigenvalue weighted by Gasteiger charge is -2.37. The van der Waals surface area contributed by atoms with Crippen LogP contribution in [0.15, 0.2) is 36.6 Å². The second-order valence-electron chi connectivity index (χ2n) is 3.22. The van der Waals surface area contributed by atoms with E-state index in [1.807, 2.05) is 13.0 Å². The van der Waals surface area contributed by atoms with Crippen LogP contribution in [-0.2, 0) is 0 Å². The highest BCUT2D eigenvalue weighted by atomic mass is 19.3. The summed E-state index contributed by atoms with van der Waals surface area (Å²) in [6.07, 6.45) is 6.98. The molecule has 3 heteroatoms. The highest BCUT2D eigenvalue weighted by Crippen LogP contribution is 2.26. The first kappa shape index (κ1) is 9.96. The topological polar surface area (TPSA) is 3.24 Å². The van der Waals surface area contributed by atoms with Gasteiger partial charge in [-0.05, 0) is 19.2 Å². The maximum Gasteiger partial charge on any atom is 0.282 e. The van der Waals surface area contributed by atoms with Gasteiger partial charge in [0, 0.05) is 0 Å². The summed E-state index contributed by atoms with van der Waals surface area (Å²) in [5.74, 6) is -2.48. The summed E-state index contributed by atoms with van der Waals surface area (Å²) in [7, 11) is 0. The highest BCUT2D eigenvalue weighted by Gasteiger charge is 2.42. The third-order valence-electron chi connectivity index (χ3n) is 1.85. The monoisotopic (exact) mass is 185 g/mol. The Morgan fingerprint density at radius 1 is 1.46 bits per heavy atom. The summed E-state index contributed by atoms with van der Waals surface area (Å²) in [5, 5.41) is 0. The van der Waals surface area contributed by atoms with Crippen molar-refractivity contribution in [1.82, 2.24) is 4.90 Å². The van der Waals surface area contributed by atoms with Crippen LogP contribution in [-0.4, -0.2) is 23.9 Å². The molecule has 0 atom stereocenters. The summed E-state index contributed by atoms with van der Waals surface area (Å²) in [4.78, 5) is 1.58. The standard InChI is InChI=1S/C10H13F2N/c1-3-9(2)5-4-6-13-7-10(11,12)8-13/h3-6H,1,7-8H2,2H3/b6-4+,9-5-. The van der Waals surface area contributed by atoms with E-state index in [4.69, 9.17) is 0 Å². The molecule has 13 heavy (non-hydrogen) atoms. The van der Waals surface area contributed by atoms with Gasteiger partial charge in [-0.1, -0.05) is 24.3 Å². The van der Waals surface area contributed by atoms with Gasteiger partial charge in [-0.2, -0.15) is 0 Å². The number of hydrogen-bond donors (Lipinski definition) is 0. The van der Waals surface area contributed by atoms with Crippen LogP contribution in [0.25, 0.3) is 0 Å². The lowest BCUT2D eigenvalue weighted by atomic mass is 10.1. The van der Waals surface area contributed by atoms with Crippen LogP contribution in [0.3, 0.4) is 0 Å². The van der Waals surface area contributed by atoms with E-state index in [2.05, 4.69) is 6.58 Å². The molecule has 0 saturated carbocycles. The van der Waals surface area contributed by atoms with Gasteiger partial charge >= 0.3 is 0 Å². The van der Waals surface area contributed by atoms with Crippen molar-refractivity contribution in [3.8, 4) is 0 Å². The Balaban J connectivity index is 2.32. The largest absolute Gasteiger partial charge is 0.365 e. The SMILES string of the molecule is C=C/C(C)=C\C=C\N1CC(F)(F)C1. The van der Waals surface area contributed by atoms with E-state index in [-0.39, 0.29) is 13.1 Å². The van der Waals surface area contributed by atoms with Crippen molar-refractivity contribution >= 4 is 0 Å². The van der Waals surface area contributed by atoms with Gasteiger partial charge in [-0.3, -0.25) is 0 Å². The van der Waals surface area contributed by atoms with E-state index in [0.717, 1.165) is 5.57 Å². The van der Waals surface area contributed by atoms with Crippen molar-refractivity contribution in [2.75, 3.05) is 13.1 Å². The molecule has 1 fully saturated rings. The molecule has 0 aromatic heterocycles. The van der Waals surface area contributed by atoms with E-state index < -0.39 is 5.92 Å². The first-order chi connectivity index (χ1) is 6.03. The Bertz CT molecular complexity index is 246. The quantitative estimate of drug-likeness (QED) is 0.611. The summed E-state index contributed by atoms with van der Waals surface area (Å²) < 4.78 is 24.7. The summed E-state index contributed by atoms with van der Waals surface area (Å²) in [6, 6.07) is 0. The fraction of sp³-hybridized carbons (Fsp3) is 0.400. The minimum Gasteiger partial charge on any atom is -0.365 e. The third-order valence-corrected chi connectivity index (χ3v) is 1.85. The van der Waals surface area contributed by atoms with Gasteiger partial charge in [0.25, 0.3) is 5.92 Å². The molecule has 1 nitrogen and oxygen atoms in total. The van der Waals surface area contributed by atoms with Crippen molar-refractivity contribution in [2.24, 2.45) is 0 Å². The van der Waals surface area contributed by atoms with Crippen molar-refractivity contribution in [3.63, 3.8) is 0 Å². The molecule has 0 aromatic carbocycles. The predicted molar refractivity (Wildman–Crippen MR) is 49.6 cm³/mol. The molecule has 1 aliphatic rings. The molecule has 1 aliphatic heterocycles. The molecule has 0 aromatic rings. The first-order valence-electron chi connectivity index (χ1n) is 4.13. The van der Waals surface area contributed by atoms with Crippen molar-refractivity contribution in [2.45, 2.75) is 12.8 Å². The van der Waals surface area contributed by atoms with Crippen LogP contribution in [0.1, 0.15) is 6.92 Å². The molecule has 0 N–H and O–H groups in total. The molecule has 0 bridgehead atoms. The zero-order valence-electron chi connectivity index (χ0n) is 7.63. The van der Waals surface area contributed by atoms with Crippen LogP contribution in [0.2, 0.25) is 0 Å². The van der Waals surface area contributed by atoms with E-state index in [1.165, 1.54) is 0 Å². The second kappa shape index (κ2) is 3.73. The number of hydrogen-bond acceptors (Lipinski definition) is 1. The number of rotatable bonds is 3. The Morgan fingerprint density at radius 3 is 2.54 bits per heavy atom. The lowest BCUT2D eigenvalue weighted by molar-refractivity contribution is -0.110. The Hall–Kier alpha value is -1.12. The van der Waals surface area contributed by atoms with E-state index >= 15 is 0 Å². The molecule has 0 amide bonds. The zero-order chi connectivity index (χ0) is 9.90. The Morgan fingerprint density at radius 2 is 2.08 bits per heavy atom. The van der Waals surface area contributed by atoms with E-state index in [1.54, 1.807) is 23.3 Å². The normalized spacial score (nSPS) is 21.8. The molecule has 0 radical (unpaired) electrons. The molecule has 0 spiro atoms. The molecule has 1 heterocycles. The molecule has 1 saturated heterocycles. The van der Waals surface area contributed by atoms with Gasteiger partial charge in [0.2, 0.25) is 0 Å². The van der Waals surface area contributed by atoms with Crippen LogP contribution >= 0.6 is 0 Å². The van der Waals surface area contributed by atoms with Crippen molar-refractivity contribution < 1.29 is 8.78 Å². The molecule has 72 valence electrons. The summed E-state index contributed by atoms with van der Waals surface area (Å²) in [6.45, 7) is 5.16. The maximum absolute atomic E-state index is 12.3. The molecule has 0 aliphatic carbocycles. The van der Waals surface area contributed by atoms with Crippen LogP contribution < -0.4 is 0 Å². The second-order valence-corrected chi connectivity index (χ2v) is 3.22. The van der Waals surface area contributed by atoms with Gasteiger partial charge in [-0.15, -0.1) is 0 Å². The average Bonchev–Trinajstić information content (AvgIpc) is 2.00. The van der Waals surface area contributed by atoms with Gasteiger partial charge in [0.15, 0.2) is 0 Å². The third kappa shape index (κ3) is 3.01. The van der Waals surface area contributed by atoms with E-state index in [9.17, 15) is 8.78 Å². The average molecular weight is 185 g/mol. The number of halogens is 2. The number of alkyl halides is 2. The lowest BCUT2D eigenvalue weighted by Crippen LogP contribution is -2.53. The molecule has 1 rings (SSSR count).